The van der Waals surface area contributed by atoms with Gasteiger partial charge < -0.3 is 4.90 Å². The maximum Gasteiger partial charge on any atom is 0.227 e. The highest BCUT2D eigenvalue weighted by Crippen LogP contribution is 2.29. The van der Waals surface area contributed by atoms with Crippen LogP contribution in [0.3, 0.4) is 0 Å². The van der Waals surface area contributed by atoms with Crippen molar-refractivity contribution in [3.63, 3.8) is 0 Å². The Morgan fingerprint density at radius 2 is 2.00 bits per heavy atom. The lowest BCUT2D eigenvalue weighted by atomic mass is 9.94. The van der Waals surface area contributed by atoms with Crippen molar-refractivity contribution in [3.05, 3.63) is 29.8 Å². The second kappa shape index (κ2) is 5.79. The van der Waals surface area contributed by atoms with Crippen LogP contribution in [0.1, 0.15) is 25.8 Å². The molecule has 0 fully saturated rings. The lowest BCUT2D eigenvalue weighted by Gasteiger charge is -2.33. The van der Waals surface area contributed by atoms with Gasteiger partial charge in [0.1, 0.15) is 0 Å². The molecule has 0 aliphatic carbocycles. The van der Waals surface area contributed by atoms with E-state index in [4.69, 9.17) is 0 Å². The fourth-order valence-electron chi connectivity index (χ4n) is 2.41. The van der Waals surface area contributed by atoms with Crippen LogP contribution in [0.15, 0.2) is 24.3 Å². The van der Waals surface area contributed by atoms with Crippen LogP contribution in [0.5, 0.6) is 0 Å². The number of rotatable bonds is 4. The van der Waals surface area contributed by atoms with Gasteiger partial charge in [-0.05, 0) is 35.6 Å². The first-order chi connectivity index (χ1) is 8.63. The Balaban J connectivity index is 2.24. The monoisotopic (exact) mass is 263 g/mol. The fraction of sp³-hybridized carbons (Fsp3) is 0.533. The predicted molar refractivity (Wildman–Crippen MR) is 79.3 cm³/mol. The fourth-order valence-corrected chi connectivity index (χ4v) is 2.95. The van der Waals surface area contributed by atoms with E-state index in [-0.39, 0.29) is 5.91 Å². The van der Waals surface area contributed by atoms with Gasteiger partial charge in [-0.3, -0.25) is 4.79 Å². The van der Waals surface area contributed by atoms with E-state index in [1.807, 2.05) is 17.0 Å². The number of nitrogens with zero attached hydrogens (tertiary/aromatic N) is 1. The Morgan fingerprint density at radius 3 is 2.67 bits per heavy atom. The maximum absolute atomic E-state index is 12.1. The highest BCUT2D eigenvalue weighted by Gasteiger charge is 2.26. The van der Waals surface area contributed by atoms with Crippen LogP contribution in [-0.4, -0.2) is 18.2 Å². The summed E-state index contributed by atoms with van der Waals surface area (Å²) < 4.78 is 0. The van der Waals surface area contributed by atoms with Gasteiger partial charge in [0.15, 0.2) is 0 Å². The molecular formula is C15H21NOS. The molecule has 0 saturated carbocycles. The van der Waals surface area contributed by atoms with Gasteiger partial charge in [0, 0.05) is 18.7 Å². The number of fused-ring (bicyclic) bond motifs is 1. The van der Waals surface area contributed by atoms with E-state index in [9.17, 15) is 4.79 Å². The molecule has 1 amide bonds. The van der Waals surface area contributed by atoms with Crippen molar-refractivity contribution in [2.24, 2.45) is 11.8 Å². The van der Waals surface area contributed by atoms with E-state index in [0.29, 0.717) is 18.3 Å². The lowest BCUT2D eigenvalue weighted by Crippen LogP contribution is -2.40. The Kier molecular flexibility index (Phi) is 4.33. The summed E-state index contributed by atoms with van der Waals surface area (Å²) in [5, 5.41) is 0. The molecule has 0 aromatic heterocycles. The van der Waals surface area contributed by atoms with Gasteiger partial charge in [0.25, 0.3) is 0 Å². The first-order valence-electron chi connectivity index (χ1n) is 6.62. The molecule has 18 heavy (non-hydrogen) atoms. The molecule has 98 valence electrons. The van der Waals surface area contributed by atoms with Crippen LogP contribution in [-0.2, 0) is 11.2 Å². The van der Waals surface area contributed by atoms with Gasteiger partial charge in [-0.25, -0.2) is 0 Å². The van der Waals surface area contributed by atoms with Crippen molar-refractivity contribution in [1.29, 1.82) is 0 Å². The number of aryl methyl sites for hydroxylation is 1. The number of anilines is 1. The van der Waals surface area contributed by atoms with Gasteiger partial charge in [0.05, 0.1) is 0 Å². The molecular weight excluding hydrogens is 242 g/mol. The maximum atomic E-state index is 12.1. The summed E-state index contributed by atoms with van der Waals surface area (Å²) in [6.07, 6.45) is 1.51. The first kappa shape index (κ1) is 13.5. The minimum atomic E-state index is 0.251. The largest absolute Gasteiger partial charge is 0.312 e. The summed E-state index contributed by atoms with van der Waals surface area (Å²) in [7, 11) is 0. The first-order valence-corrected chi connectivity index (χ1v) is 7.26. The zero-order valence-electron chi connectivity index (χ0n) is 11.1. The Hall–Kier alpha value is -0.960. The van der Waals surface area contributed by atoms with Crippen LogP contribution in [0, 0.1) is 11.8 Å². The van der Waals surface area contributed by atoms with Gasteiger partial charge >= 0.3 is 0 Å². The summed E-state index contributed by atoms with van der Waals surface area (Å²) in [4.78, 5) is 14.1. The number of carbonyl (C=O) groups is 1. The zero-order valence-corrected chi connectivity index (χ0v) is 12.0. The van der Waals surface area contributed by atoms with Crippen molar-refractivity contribution in [2.75, 3.05) is 17.2 Å². The lowest BCUT2D eigenvalue weighted by molar-refractivity contribution is -0.119. The minimum Gasteiger partial charge on any atom is -0.312 e. The predicted octanol–water partition coefficient (Wildman–Crippen LogP) is 3.17. The third-order valence-electron chi connectivity index (χ3n) is 3.79. The Bertz CT molecular complexity index is 430. The second-order valence-corrected chi connectivity index (χ2v) is 5.68. The standard InChI is InChI=1S/C15H21NOS/c1-11(2)13(10-18)9-16-14-6-4-3-5-12(14)7-8-15(16)17/h3-6,11,13,18H,7-10H2,1-2H3. The van der Waals surface area contributed by atoms with E-state index in [0.717, 1.165) is 24.4 Å². The van der Waals surface area contributed by atoms with Crippen molar-refractivity contribution < 1.29 is 4.79 Å². The molecule has 1 heterocycles. The van der Waals surface area contributed by atoms with E-state index < -0.39 is 0 Å². The average molecular weight is 263 g/mol. The summed E-state index contributed by atoms with van der Waals surface area (Å²) in [6, 6.07) is 8.24. The Labute approximate surface area is 115 Å². The molecule has 3 heteroatoms. The Morgan fingerprint density at radius 1 is 1.28 bits per heavy atom. The summed E-state index contributed by atoms with van der Waals surface area (Å²) >= 11 is 4.42. The van der Waals surface area contributed by atoms with Crippen LogP contribution in [0.2, 0.25) is 0 Å². The summed E-state index contributed by atoms with van der Waals surface area (Å²) in [6.45, 7) is 5.18. The molecule has 1 atom stereocenters. The van der Waals surface area contributed by atoms with Crippen molar-refractivity contribution in [3.8, 4) is 0 Å². The molecule has 0 radical (unpaired) electrons. The molecule has 0 saturated heterocycles. The third kappa shape index (κ3) is 2.72. The number of para-hydroxylation sites is 1. The van der Waals surface area contributed by atoms with Gasteiger partial charge in [-0.15, -0.1) is 0 Å². The molecule has 0 bridgehead atoms. The van der Waals surface area contributed by atoms with Gasteiger partial charge in [-0.1, -0.05) is 32.0 Å². The summed E-state index contributed by atoms with van der Waals surface area (Å²) in [5.74, 6) is 2.07. The molecule has 1 aliphatic rings. The number of benzene rings is 1. The topological polar surface area (TPSA) is 20.3 Å². The number of thiol groups is 1. The number of hydrogen-bond acceptors (Lipinski definition) is 2. The zero-order chi connectivity index (χ0) is 13.1. The molecule has 0 N–H and O–H groups in total. The number of amides is 1. The molecule has 1 aliphatic heterocycles. The van der Waals surface area contributed by atoms with E-state index >= 15 is 0 Å². The number of hydrogen-bond donors (Lipinski definition) is 1. The van der Waals surface area contributed by atoms with Crippen molar-refractivity contribution in [1.82, 2.24) is 0 Å². The van der Waals surface area contributed by atoms with Crippen LogP contribution in [0.25, 0.3) is 0 Å². The molecule has 1 unspecified atom stereocenters. The third-order valence-corrected chi connectivity index (χ3v) is 4.26. The molecule has 1 aromatic carbocycles. The van der Waals surface area contributed by atoms with E-state index in [1.165, 1.54) is 5.56 Å². The summed E-state index contributed by atoms with van der Waals surface area (Å²) in [5.41, 5.74) is 2.39. The van der Waals surface area contributed by atoms with E-state index in [1.54, 1.807) is 0 Å². The highest BCUT2D eigenvalue weighted by molar-refractivity contribution is 7.80. The highest BCUT2D eigenvalue weighted by atomic mass is 32.1. The molecule has 0 spiro atoms. The molecule has 2 rings (SSSR count). The van der Waals surface area contributed by atoms with Crippen molar-refractivity contribution in [2.45, 2.75) is 26.7 Å². The minimum absolute atomic E-state index is 0.251. The van der Waals surface area contributed by atoms with Gasteiger partial charge in [-0.2, -0.15) is 12.6 Å². The molecule has 1 aromatic rings. The average Bonchev–Trinajstić information content (AvgIpc) is 2.37. The van der Waals surface area contributed by atoms with Crippen molar-refractivity contribution >= 4 is 24.2 Å². The molecule has 2 nitrogen and oxygen atoms in total. The van der Waals surface area contributed by atoms with E-state index in [2.05, 4.69) is 38.6 Å². The number of carbonyl (C=O) groups excluding carboxylic acids is 1. The van der Waals surface area contributed by atoms with Crippen LogP contribution >= 0.6 is 12.6 Å². The SMILES string of the molecule is CC(C)C(CS)CN1C(=O)CCc2ccccc21. The quantitative estimate of drug-likeness (QED) is 0.827. The second-order valence-electron chi connectivity index (χ2n) is 5.32. The van der Waals surface area contributed by atoms with Gasteiger partial charge in [0.2, 0.25) is 5.91 Å². The van der Waals surface area contributed by atoms with Crippen LogP contribution < -0.4 is 4.90 Å². The normalized spacial score (nSPS) is 16.9. The van der Waals surface area contributed by atoms with Crippen LogP contribution in [0.4, 0.5) is 5.69 Å². The smallest absolute Gasteiger partial charge is 0.227 e.